The van der Waals surface area contributed by atoms with E-state index < -0.39 is 10.0 Å². The van der Waals surface area contributed by atoms with Crippen molar-refractivity contribution in [3.8, 4) is 11.6 Å². The molecule has 0 radical (unpaired) electrons. The van der Waals surface area contributed by atoms with Gasteiger partial charge in [-0.15, -0.1) is 0 Å². The molecule has 8 heteroatoms. The van der Waals surface area contributed by atoms with E-state index in [4.69, 9.17) is 9.47 Å². The van der Waals surface area contributed by atoms with Crippen molar-refractivity contribution in [1.29, 1.82) is 0 Å². The van der Waals surface area contributed by atoms with E-state index in [9.17, 15) is 8.42 Å². The molecule has 2 aliphatic heterocycles. The molecule has 1 atom stereocenters. The van der Waals surface area contributed by atoms with E-state index in [1.165, 1.54) is 11.8 Å². The number of piperidine rings is 1. The number of rotatable bonds is 7. The van der Waals surface area contributed by atoms with Gasteiger partial charge in [-0.25, -0.2) is 17.7 Å². The summed E-state index contributed by atoms with van der Waals surface area (Å²) in [5.74, 6) is 1.25. The highest BCUT2D eigenvalue weighted by Crippen LogP contribution is 2.29. The van der Waals surface area contributed by atoms with Gasteiger partial charge in [0, 0.05) is 38.3 Å². The van der Waals surface area contributed by atoms with E-state index in [-0.39, 0.29) is 6.10 Å². The van der Waals surface area contributed by atoms with Crippen LogP contribution in [0, 0.1) is 0 Å². The molecule has 7 nitrogen and oxygen atoms in total. The Kier molecular flexibility index (Phi) is 7.09. The first-order valence-corrected chi connectivity index (χ1v) is 11.5. The third kappa shape index (κ3) is 5.80. The molecule has 0 aliphatic carbocycles. The Balaban J connectivity index is 1.40. The normalized spacial score (nSPS) is 21.9. The third-order valence-electron chi connectivity index (χ3n) is 5.06. The van der Waals surface area contributed by atoms with Gasteiger partial charge in [0.15, 0.2) is 5.75 Å². The topological polar surface area (TPSA) is 80.8 Å². The van der Waals surface area contributed by atoms with Crippen molar-refractivity contribution in [2.24, 2.45) is 0 Å². The summed E-state index contributed by atoms with van der Waals surface area (Å²) in [5.41, 5.74) is 1.20. The molecule has 154 valence electrons. The molecule has 0 aromatic carbocycles. The van der Waals surface area contributed by atoms with Gasteiger partial charge in [-0.3, -0.25) is 0 Å². The maximum Gasteiger partial charge on any atom is 0.257 e. The molecule has 1 aromatic rings. The van der Waals surface area contributed by atoms with E-state index in [1.54, 1.807) is 10.5 Å². The van der Waals surface area contributed by atoms with Gasteiger partial charge in [-0.05, 0) is 37.5 Å². The van der Waals surface area contributed by atoms with Crippen LogP contribution in [-0.4, -0.2) is 62.3 Å². The van der Waals surface area contributed by atoms with Gasteiger partial charge >= 0.3 is 0 Å². The number of pyridine rings is 1. The number of hydrogen-bond donors (Lipinski definition) is 1. The maximum absolute atomic E-state index is 11.6. The Morgan fingerprint density at radius 2 is 2.18 bits per heavy atom. The lowest BCUT2D eigenvalue weighted by molar-refractivity contribution is 0.0870. The zero-order valence-electron chi connectivity index (χ0n) is 16.5. The Hall–Kier alpha value is -1.90. The van der Waals surface area contributed by atoms with Gasteiger partial charge in [0.2, 0.25) is 10.0 Å². The highest BCUT2D eigenvalue weighted by molar-refractivity contribution is 7.88. The number of nitrogens with one attached hydrogen (secondary N) is 1. The molecule has 1 saturated heterocycles. The molecule has 0 spiro atoms. The average Bonchev–Trinajstić information content (AvgIpc) is 2.70. The summed E-state index contributed by atoms with van der Waals surface area (Å²) in [6, 6.07) is 4.04. The minimum absolute atomic E-state index is 0.0370. The quantitative estimate of drug-likeness (QED) is 0.698. The van der Waals surface area contributed by atoms with Gasteiger partial charge in [0.05, 0.1) is 6.26 Å². The third-order valence-corrected chi connectivity index (χ3v) is 6.36. The first-order chi connectivity index (χ1) is 13.5. The Morgan fingerprint density at radius 3 is 2.89 bits per heavy atom. The summed E-state index contributed by atoms with van der Waals surface area (Å²) in [5, 5.41) is 3.54. The molecule has 28 heavy (non-hydrogen) atoms. The SMILES string of the molecule is C/C=C(\C=C/C[C@H]1COc2cccnc2O1)CNC1CCN(S(C)(=O)=O)CC1. The predicted octanol–water partition coefficient (Wildman–Crippen LogP) is 2.13. The predicted molar refractivity (Wildman–Crippen MR) is 109 cm³/mol. The largest absolute Gasteiger partial charge is 0.484 e. The van der Waals surface area contributed by atoms with E-state index in [0.29, 0.717) is 37.4 Å². The standard InChI is InChI=1S/C20H29N3O4S/c1-3-16(14-22-17-9-12-23(13-10-17)28(2,24)25)6-4-7-18-15-26-19-8-5-11-21-20(19)27-18/h3-6,8,11,17-18,22H,7,9-10,12-15H2,1-2H3/b6-4-,16-3+/t18-/m0/s1. The lowest BCUT2D eigenvalue weighted by Crippen LogP contribution is -2.44. The Labute approximate surface area is 167 Å². The molecule has 0 amide bonds. The number of allylic oxidation sites excluding steroid dienone is 1. The minimum Gasteiger partial charge on any atom is -0.484 e. The fourth-order valence-electron chi connectivity index (χ4n) is 3.35. The number of aromatic nitrogens is 1. The highest BCUT2D eigenvalue weighted by Gasteiger charge is 2.24. The number of ether oxygens (including phenoxy) is 2. The molecule has 2 aliphatic rings. The van der Waals surface area contributed by atoms with Crippen molar-refractivity contribution in [3.63, 3.8) is 0 Å². The molecule has 3 rings (SSSR count). The van der Waals surface area contributed by atoms with Crippen molar-refractivity contribution >= 4 is 10.0 Å². The van der Waals surface area contributed by atoms with Gasteiger partial charge in [0.1, 0.15) is 12.7 Å². The number of nitrogens with zero attached hydrogens (tertiary/aromatic N) is 2. The van der Waals surface area contributed by atoms with Crippen LogP contribution in [0.3, 0.4) is 0 Å². The zero-order valence-corrected chi connectivity index (χ0v) is 17.3. The number of sulfonamides is 1. The van der Waals surface area contributed by atoms with E-state index in [1.807, 2.05) is 19.1 Å². The minimum atomic E-state index is -3.07. The molecule has 1 N–H and O–H groups in total. The summed E-state index contributed by atoms with van der Waals surface area (Å²) in [6.07, 6.45) is 11.7. The average molecular weight is 408 g/mol. The molecule has 1 fully saturated rings. The molecule has 3 heterocycles. The van der Waals surface area contributed by atoms with E-state index >= 15 is 0 Å². The van der Waals surface area contributed by atoms with Gasteiger partial charge in [-0.2, -0.15) is 0 Å². The number of fused-ring (bicyclic) bond motifs is 1. The van der Waals surface area contributed by atoms with Crippen LogP contribution in [0.15, 0.2) is 42.1 Å². The fraction of sp³-hybridized carbons (Fsp3) is 0.550. The molecule has 0 bridgehead atoms. The molecular weight excluding hydrogens is 378 g/mol. The van der Waals surface area contributed by atoms with Crippen LogP contribution >= 0.6 is 0 Å². The second kappa shape index (κ2) is 9.54. The van der Waals surface area contributed by atoms with Gasteiger partial charge in [0.25, 0.3) is 5.88 Å². The van der Waals surface area contributed by atoms with Crippen molar-refractivity contribution in [2.75, 3.05) is 32.5 Å². The van der Waals surface area contributed by atoms with Crippen LogP contribution in [0.1, 0.15) is 26.2 Å². The van der Waals surface area contributed by atoms with Crippen LogP contribution in [0.2, 0.25) is 0 Å². The summed E-state index contributed by atoms with van der Waals surface area (Å²) in [7, 11) is -3.07. The summed E-state index contributed by atoms with van der Waals surface area (Å²) in [4.78, 5) is 4.20. The highest BCUT2D eigenvalue weighted by atomic mass is 32.2. The maximum atomic E-state index is 11.6. The second-order valence-electron chi connectivity index (χ2n) is 7.18. The molecule has 0 unspecified atom stereocenters. The molecular formula is C20H29N3O4S. The van der Waals surface area contributed by atoms with Crippen molar-refractivity contribution in [3.05, 3.63) is 42.1 Å². The Bertz CT molecular complexity index is 814. The zero-order chi connectivity index (χ0) is 20.0. The van der Waals surface area contributed by atoms with Crippen LogP contribution in [0.5, 0.6) is 11.6 Å². The van der Waals surface area contributed by atoms with E-state index in [2.05, 4.69) is 28.5 Å². The summed E-state index contributed by atoms with van der Waals surface area (Å²) < 4.78 is 36.3. The first-order valence-electron chi connectivity index (χ1n) is 9.70. The Morgan fingerprint density at radius 1 is 1.39 bits per heavy atom. The molecule has 1 aromatic heterocycles. The van der Waals surface area contributed by atoms with Gasteiger partial charge in [-0.1, -0.05) is 18.2 Å². The van der Waals surface area contributed by atoms with Crippen LogP contribution in [0.4, 0.5) is 0 Å². The van der Waals surface area contributed by atoms with Crippen LogP contribution in [0.25, 0.3) is 0 Å². The van der Waals surface area contributed by atoms with Crippen molar-refractivity contribution in [2.45, 2.75) is 38.3 Å². The summed E-state index contributed by atoms with van der Waals surface area (Å²) in [6.45, 7) is 4.49. The first kappa shape index (κ1) is 20.8. The van der Waals surface area contributed by atoms with Crippen LogP contribution in [-0.2, 0) is 10.0 Å². The fourth-order valence-corrected chi connectivity index (χ4v) is 4.22. The smallest absolute Gasteiger partial charge is 0.257 e. The van der Waals surface area contributed by atoms with E-state index in [0.717, 1.165) is 25.8 Å². The monoisotopic (exact) mass is 407 g/mol. The van der Waals surface area contributed by atoms with Crippen molar-refractivity contribution < 1.29 is 17.9 Å². The molecule has 0 saturated carbocycles. The van der Waals surface area contributed by atoms with Crippen LogP contribution < -0.4 is 14.8 Å². The van der Waals surface area contributed by atoms with Gasteiger partial charge < -0.3 is 14.8 Å². The van der Waals surface area contributed by atoms with Crippen molar-refractivity contribution in [1.82, 2.24) is 14.6 Å². The number of hydrogen-bond acceptors (Lipinski definition) is 6. The second-order valence-corrected chi connectivity index (χ2v) is 9.16. The lowest BCUT2D eigenvalue weighted by atomic mass is 10.1. The lowest BCUT2D eigenvalue weighted by Gasteiger charge is -2.30. The summed E-state index contributed by atoms with van der Waals surface area (Å²) >= 11 is 0.